The summed E-state index contributed by atoms with van der Waals surface area (Å²) in [7, 11) is 1.43. The van der Waals surface area contributed by atoms with Gasteiger partial charge >= 0.3 is 5.97 Å². The lowest BCUT2D eigenvalue weighted by Gasteiger charge is -2.10. The standard InChI is InChI=1S/C14H29N3O2.HI/c1-4-11-16-14(15-5-2)17-12-9-7-6-8-10-13(18)19-3;/h4-12H2,1-3H3,(H2,15,16,17);1H. The minimum absolute atomic E-state index is 0. The zero-order valence-electron chi connectivity index (χ0n) is 13.0. The first kappa shape index (κ1) is 21.8. The molecule has 0 heterocycles. The van der Waals surface area contributed by atoms with Gasteiger partial charge in [0.05, 0.1) is 7.11 Å². The van der Waals surface area contributed by atoms with Crippen LogP contribution in [0.15, 0.2) is 4.99 Å². The van der Waals surface area contributed by atoms with E-state index in [0.717, 1.165) is 57.7 Å². The molecule has 0 amide bonds. The maximum Gasteiger partial charge on any atom is 0.305 e. The van der Waals surface area contributed by atoms with Gasteiger partial charge in [0.15, 0.2) is 5.96 Å². The topological polar surface area (TPSA) is 62.7 Å². The third kappa shape index (κ3) is 13.9. The maximum atomic E-state index is 10.9. The van der Waals surface area contributed by atoms with Crippen molar-refractivity contribution >= 4 is 35.9 Å². The number of ether oxygens (including phenoxy) is 1. The molecule has 0 spiro atoms. The normalized spacial score (nSPS) is 10.7. The van der Waals surface area contributed by atoms with Crippen molar-refractivity contribution in [1.82, 2.24) is 10.6 Å². The highest BCUT2D eigenvalue weighted by Gasteiger charge is 1.99. The number of carbonyl (C=O) groups excluding carboxylic acids is 1. The van der Waals surface area contributed by atoms with Crippen LogP contribution < -0.4 is 10.6 Å². The van der Waals surface area contributed by atoms with Crippen molar-refractivity contribution in [2.75, 3.05) is 26.7 Å². The van der Waals surface area contributed by atoms with E-state index in [1.54, 1.807) is 0 Å². The highest BCUT2D eigenvalue weighted by Crippen LogP contribution is 2.03. The van der Waals surface area contributed by atoms with Gasteiger partial charge < -0.3 is 15.4 Å². The second kappa shape index (κ2) is 16.5. The molecule has 20 heavy (non-hydrogen) atoms. The van der Waals surface area contributed by atoms with Gasteiger partial charge in [-0.2, -0.15) is 0 Å². The molecule has 0 aromatic carbocycles. The lowest BCUT2D eigenvalue weighted by molar-refractivity contribution is -0.140. The largest absolute Gasteiger partial charge is 0.469 e. The van der Waals surface area contributed by atoms with Crippen LogP contribution >= 0.6 is 24.0 Å². The fourth-order valence-electron chi connectivity index (χ4n) is 1.62. The van der Waals surface area contributed by atoms with Crippen LogP contribution in [0, 0.1) is 0 Å². The number of unbranched alkanes of at least 4 members (excludes halogenated alkanes) is 3. The molecule has 0 unspecified atom stereocenters. The minimum Gasteiger partial charge on any atom is -0.469 e. The van der Waals surface area contributed by atoms with Crippen molar-refractivity contribution < 1.29 is 9.53 Å². The van der Waals surface area contributed by atoms with E-state index >= 15 is 0 Å². The van der Waals surface area contributed by atoms with Gasteiger partial charge in [0, 0.05) is 26.1 Å². The lowest BCUT2D eigenvalue weighted by Crippen LogP contribution is -2.37. The molecule has 0 rings (SSSR count). The monoisotopic (exact) mass is 399 g/mol. The Morgan fingerprint density at radius 3 is 2.40 bits per heavy atom. The summed E-state index contributed by atoms with van der Waals surface area (Å²) in [6.07, 6.45) is 5.79. The Balaban J connectivity index is 0. The predicted molar refractivity (Wildman–Crippen MR) is 94.8 cm³/mol. The number of guanidine groups is 1. The zero-order valence-corrected chi connectivity index (χ0v) is 15.4. The van der Waals surface area contributed by atoms with Gasteiger partial charge in [0.25, 0.3) is 0 Å². The van der Waals surface area contributed by atoms with E-state index in [0.29, 0.717) is 6.42 Å². The van der Waals surface area contributed by atoms with Crippen molar-refractivity contribution in [3.8, 4) is 0 Å². The number of aliphatic imine (C=N–C) groups is 1. The van der Waals surface area contributed by atoms with Crippen LogP contribution in [-0.2, 0) is 9.53 Å². The van der Waals surface area contributed by atoms with Gasteiger partial charge in [0.1, 0.15) is 0 Å². The Morgan fingerprint density at radius 2 is 1.80 bits per heavy atom. The van der Waals surface area contributed by atoms with Crippen LogP contribution in [-0.4, -0.2) is 38.7 Å². The first-order chi connectivity index (χ1) is 9.24. The molecule has 120 valence electrons. The van der Waals surface area contributed by atoms with E-state index < -0.39 is 0 Å². The van der Waals surface area contributed by atoms with Crippen LogP contribution in [0.2, 0.25) is 0 Å². The SMILES string of the molecule is CCCN=C(NCC)NCCCCCCC(=O)OC.I. The van der Waals surface area contributed by atoms with Gasteiger partial charge in [-0.3, -0.25) is 9.79 Å². The summed E-state index contributed by atoms with van der Waals surface area (Å²) in [6, 6.07) is 0. The van der Waals surface area contributed by atoms with Crippen LogP contribution in [0.25, 0.3) is 0 Å². The summed E-state index contributed by atoms with van der Waals surface area (Å²) in [6.45, 7) is 6.85. The van der Waals surface area contributed by atoms with Gasteiger partial charge in [0.2, 0.25) is 0 Å². The van der Waals surface area contributed by atoms with E-state index in [2.05, 4.69) is 34.2 Å². The van der Waals surface area contributed by atoms with Crippen LogP contribution in [0.3, 0.4) is 0 Å². The highest BCUT2D eigenvalue weighted by atomic mass is 127. The van der Waals surface area contributed by atoms with Crippen LogP contribution in [0.5, 0.6) is 0 Å². The molecule has 6 heteroatoms. The van der Waals surface area contributed by atoms with Crippen molar-refractivity contribution in [3.05, 3.63) is 0 Å². The maximum absolute atomic E-state index is 10.9. The predicted octanol–water partition coefficient (Wildman–Crippen LogP) is 2.69. The number of hydrogen-bond donors (Lipinski definition) is 2. The summed E-state index contributed by atoms with van der Waals surface area (Å²) in [5.41, 5.74) is 0. The van der Waals surface area contributed by atoms with Gasteiger partial charge in [-0.15, -0.1) is 24.0 Å². The number of nitrogens with one attached hydrogen (secondary N) is 2. The number of esters is 1. The Labute approximate surface area is 140 Å². The van der Waals surface area contributed by atoms with E-state index in [1.807, 2.05) is 0 Å². The number of hydrogen-bond acceptors (Lipinski definition) is 3. The number of nitrogens with zero attached hydrogens (tertiary/aromatic N) is 1. The second-order valence-electron chi connectivity index (χ2n) is 4.43. The van der Waals surface area contributed by atoms with E-state index in [-0.39, 0.29) is 29.9 Å². The first-order valence-corrected chi connectivity index (χ1v) is 7.33. The molecular weight excluding hydrogens is 369 g/mol. The number of carbonyl (C=O) groups is 1. The molecule has 0 saturated heterocycles. The Bertz CT molecular complexity index is 261. The summed E-state index contributed by atoms with van der Waals surface area (Å²) >= 11 is 0. The smallest absolute Gasteiger partial charge is 0.305 e. The molecule has 0 aromatic rings. The summed E-state index contributed by atoms with van der Waals surface area (Å²) < 4.78 is 4.60. The fraction of sp³-hybridized carbons (Fsp3) is 0.857. The Kier molecular flexibility index (Phi) is 18.0. The number of methoxy groups -OCH3 is 1. The molecule has 0 aliphatic heterocycles. The number of halogens is 1. The minimum atomic E-state index is -0.112. The molecule has 2 N–H and O–H groups in total. The van der Waals surface area contributed by atoms with Crippen molar-refractivity contribution in [1.29, 1.82) is 0 Å². The van der Waals surface area contributed by atoms with Gasteiger partial charge in [-0.1, -0.05) is 19.8 Å². The molecule has 0 aliphatic rings. The first-order valence-electron chi connectivity index (χ1n) is 7.33. The summed E-state index contributed by atoms with van der Waals surface area (Å²) in [4.78, 5) is 15.3. The molecule has 5 nitrogen and oxygen atoms in total. The van der Waals surface area contributed by atoms with Gasteiger partial charge in [-0.25, -0.2) is 0 Å². The quantitative estimate of drug-likeness (QED) is 0.195. The average molecular weight is 399 g/mol. The molecule has 0 atom stereocenters. The molecule has 0 aromatic heterocycles. The zero-order chi connectivity index (χ0) is 14.3. The molecule has 0 bridgehead atoms. The molecule has 0 radical (unpaired) electrons. The average Bonchev–Trinajstić information content (AvgIpc) is 2.43. The van der Waals surface area contributed by atoms with Crippen LogP contribution in [0.1, 0.15) is 52.4 Å². The van der Waals surface area contributed by atoms with Gasteiger partial charge in [-0.05, 0) is 26.2 Å². The van der Waals surface area contributed by atoms with Crippen molar-refractivity contribution in [3.63, 3.8) is 0 Å². The van der Waals surface area contributed by atoms with E-state index in [1.165, 1.54) is 7.11 Å². The van der Waals surface area contributed by atoms with Crippen molar-refractivity contribution in [2.24, 2.45) is 4.99 Å². The van der Waals surface area contributed by atoms with Crippen LogP contribution in [0.4, 0.5) is 0 Å². The van der Waals surface area contributed by atoms with Crippen molar-refractivity contribution in [2.45, 2.75) is 52.4 Å². The fourth-order valence-corrected chi connectivity index (χ4v) is 1.62. The molecule has 0 fully saturated rings. The third-order valence-corrected chi connectivity index (χ3v) is 2.67. The Hall–Kier alpha value is -0.530. The van der Waals surface area contributed by atoms with E-state index in [9.17, 15) is 4.79 Å². The molecular formula is C14H30IN3O2. The molecule has 0 aliphatic carbocycles. The molecule has 0 saturated carbocycles. The lowest BCUT2D eigenvalue weighted by atomic mass is 10.1. The summed E-state index contributed by atoms with van der Waals surface area (Å²) in [5, 5.41) is 6.53. The second-order valence-corrected chi connectivity index (χ2v) is 4.43. The number of rotatable bonds is 10. The third-order valence-electron chi connectivity index (χ3n) is 2.67. The highest BCUT2D eigenvalue weighted by molar-refractivity contribution is 14.0. The summed E-state index contributed by atoms with van der Waals surface area (Å²) in [5.74, 6) is 0.790. The van der Waals surface area contributed by atoms with E-state index in [4.69, 9.17) is 0 Å². The Morgan fingerprint density at radius 1 is 1.10 bits per heavy atom.